The van der Waals surface area contributed by atoms with Crippen LogP contribution >= 0.6 is 0 Å². The number of hydrogen-bond acceptors (Lipinski definition) is 4. The van der Waals surface area contributed by atoms with E-state index in [1.807, 2.05) is 44.2 Å². The molecule has 27 heavy (non-hydrogen) atoms. The van der Waals surface area contributed by atoms with Gasteiger partial charge in [-0.15, -0.1) is 0 Å². The van der Waals surface area contributed by atoms with Crippen molar-refractivity contribution in [1.82, 2.24) is 0 Å². The Balaban J connectivity index is 1.63. The first-order valence-corrected chi connectivity index (χ1v) is 9.52. The van der Waals surface area contributed by atoms with Crippen molar-refractivity contribution in [2.45, 2.75) is 57.7 Å². The van der Waals surface area contributed by atoms with Crippen LogP contribution in [0.25, 0.3) is 0 Å². The zero-order valence-electron chi connectivity index (χ0n) is 15.7. The molecule has 2 aromatic carbocycles. The van der Waals surface area contributed by atoms with Gasteiger partial charge in [-0.25, -0.2) is 4.39 Å². The molecule has 2 unspecified atom stereocenters. The molecule has 4 nitrogen and oxygen atoms in total. The molecule has 0 bridgehead atoms. The van der Waals surface area contributed by atoms with Crippen LogP contribution in [0.5, 0.6) is 5.75 Å². The number of hydrogen-bond donors (Lipinski definition) is 1. The van der Waals surface area contributed by atoms with Crippen LogP contribution in [0.15, 0.2) is 36.4 Å². The largest absolute Gasteiger partial charge is 0.494 e. The summed E-state index contributed by atoms with van der Waals surface area (Å²) in [5.41, 5.74) is 3.24. The highest BCUT2D eigenvalue weighted by Crippen LogP contribution is 2.46. The van der Waals surface area contributed by atoms with Gasteiger partial charge < -0.3 is 19.3 Å². The van der Waals surface area contributed by atoms with Crippen molar-refractivity contribution in [3.05, 3.63) is 64.5 Å². The summed E-state index contributed by atoms with van der Waals surface area (Å²) in [5, 5.41) is 10.2. The molecule has 0 radical (unpaired) electrons. The minimum atomic E-state index is -0.965. The molecule has 4 rings (SSSR count). The summed E-state index contributed by atoms with van der Waals surface area (Å²) in [5.74, 6) is -0.400. The van der Waals surface area contributed by atoms with E-state index in [2.05, 4.69) is 0 Å². The van der Waals surface area contributed by atoms with Crippen LogP contribution in [0.4, 0.5) is 4.39 Å². The first-order valence-electron chi connectivity index (χ1n) is 9.52. The highest BCUT2D eigenvalue weighted by atomic mass is 19.1. The summed E-state index contributed by atoms with van der Waals surface area (Å²) in [7, 11) is 0. The van der Waals surface area contributed by atoms with Crippen molar-refractivity contribution < 1.29 is 23.7 Å². The predicted octanol–water partition coefficient (Wildman–Crippen LogP) is 4.06. The predicted molar refractivity (Wildman–Crippen MR) is 99.1 cm³/mol. The summed E-state index contributed by atoms with van der Waals surface area (Å²) in [6.07, 6.45) is 0.831. The Kier molecular flexibility index (Phi) is 4.93. The van der Waals surface area contributed by atoms with Gasteiger partial charge in [0.2, 0.25) is 0 Å². The topological polar surface area (TPSA) is 47.9 Å². The zero-order chi connectivity index (χ0) is 19.0. The van der Waals surface area contributed by atoms with Crippen LogP contribution in [0.3, 0.4) is 0 Å². The summed E-state index contributed by atoms with van der Waals surface area (Å²) in [6, 6.07) is 11.1. The lowest BCUT2D eigenvalue weighted by atomic mass is 9.90. The number of rotatable bonds is 4. The fraction of sp³-hybridized carbons (Fsp3) is 0.455. The Morgan fingerprint density at radius 3 is 2.74 bits per heavy atom. The Morgan fingerprint density at radius 1 is 1.26 bits per heavy atom. The Morgan fingerprint density at radius 2 is 2.04 bits per heavy atom. The van der Waals surface area contributed by atoms with Crippen LogP contribution in [-0.4, -0.2) is 23.9 Å². The van der Waals surface area contributed by atoms with E-state index in [4.69, 9.17) is 14.2 Å². The summed E-state index contributed by atoms with van der Waals surface area (Å²) in [6.45, 7) is 4.78. The van der Waals surface area contributed by atoms with Gasteiger partial charge in [0.1, 0.15) is 11.6 Å². The second-order valence-electron chi connectivity index (χ2n) is 7.42. The van der Waals surface area contributed by atoms with Gasteiger partial charge in [0.05, 0.1) is 25.4 Å². The van der Waals surface area contributed by atoms with Gasteiger partial charge in [-0.2, -0.15) is 0 Å². The second-order valence-corrected chi connectivity index (χ2v) is 7.42. The van der Waals surface area contributed by atoms with Crippen LogP contribution < -0.4 is 4.74 Å². The molecular weight excluding hydrogens is 347 g/mol. The average Bonchev–Trinajstić information content (AvgIpc) is 2.93. The fourth-order valence-corrected chi connectivity index (χ4v) is 4.10. The molecular formula is C22H25FO4. The van der Waals surface area contributed by atoms with Crippen LogP contribution in [-0.2, 0) is 28.3 Å². The maximum atomic E-state index is 14.7. The standard InChI is InChI=1S/C22H25FO4/c1-3-25-19-6-4-15(5-7-19)9-16-10-20-17(11-21(16)23)13-26-22(20)12-18(24)8-14(2)27-22/h4-7,10-11,14,18,24H,3,8-9,12-13H2,1-2H3/t14?,18?,22-/m1/s1. The van der Waals surface area contributed by atoms with E-state index in [1.54, 1.807) is 6.07 Å². The molecule has 144 valence electrons. The number of fused-ring (bicyclic) bond motifs is 2. The van der Waals surface area contributed by atoms with Crippen molar-refractivity contribution in [2.75, 3.05) is 6.61 Å². The van der Waals surface area contributed by atoms with Gasteiger partial charge in [-0.05, 0) is 61.2 Å². The highest BCUT2D eigenvalue weighted by molar-refractivity contribution is 5.41. The van der Waals surface area contributed by atoms with E-state index >= 15 is 0 Å². The molecule has 1 N–H and O–H groups in total. The third-order valence-corrected chi connectivity index (χ3v) is 5.27. The molecule has 1 fully saturated rings. The van der Waals surface area contributed by atoms with Crippen molar-refractivity contribution in [3.8, 4) is 5.75 Å². The van der Waals surface area contributed by atoms with Crippen LogP contribution in [0.2, 0.25) is 0 Å². The minimum absolute atomic E-state index is 0.112. The van der Waals surface area contributed by atoms with E-state index < -0.39 is 11.9 Å². The molecule has 2 heterocycles. The summed E-state index contributed by atoms with van der Waals surface area (Å²) >= 11 is 0. The molecule has 2 aromatic rings. The Hall–Kier alpha value is -1.95. The maximum Gasteiger partial charge on any atom is 0.198 e. The number of halogens is 1. The first-order chi connectivity index (χ1) is 13.0. The highest BCUT2D eigenvalue weighted by Gasteiger charge is 2.47. The normalized spacial score (nSPS) is 27.0. The third kappa shape index (κ3) is 3.59. The zero-order valence-corrected chi connectivity index (χ0v) is 15.7. The third-order valence-electron chi connectivity index (χ3n) is 5.27. The number of aliphatic hydroxyl groups is 1. The second kappa shape index (κ2) is 7.23. The quantitative estimate of drug-likeness (QED) is 0.879. The van der Waals surface area contributed by atoms with Crippen LogP contribution in [0, 0.1) is 5.82 Å². The lowest BCUT2D eigenvalue weighted by molar-refractivity contribution is -0.295. The molecule has 3 atom stereocenters. The molecule has 2 aliphatic rings. The van der Waals surface area contributed by atoms with E-state index in [1.165, 1.54) is 0 Å². The minimum Gasteiger partial charge on any atom is -0.494 e. The van der Waals surface area contributed by atoms with Gasteiger partial charge in [0.25, 0.3) is 0 Å². The van der Waals surface area contributed by atoms with Crippen molar-refractivity contribution in [3.63, 3.8) is 0 Å². The van der Waals surface area contributed by atoms with Crippen LogP contribution in [0.1, 0.15) is 48.9 Å². The summed E-state index contributed by atoms with van der Waals surface area (Å²) < 4.78 is 32.2. The molecule has 5 heteroatoms. The van der Waals surface area contributed by atoms with Crippen molar-refractivity contribution in [1.29, 1.82) is 0 Å². The van der Waals surface area contributed by atoms with Gasteiger partial charge in [-0.3, -0.25) is 0 Å². The lowest BCUT2D eigenvalue weighted by Gasteiger charge is -2.39. The van der Waals surface area contributed by atoms with E-state index in [-0.39, 0.29) is 11.9 Å². The molecule has 0 aliphatic carbocycles. The number of ether oxygens (including phenoxy) is 3. The van der Waals surface area contributed by atoms with Gasteiger partial charge in [0, 0.05) is 18.4 Å². The Labute approximate surface area is 158 Å². The van der Waals surface area contributed by atoms with E-state index in [9.17, 15) is 9.50 Å². The molecule has 0 saturated carbocycles. The molecule has 0 aromatic heterocycles. The summed E-state index contributed by atoms with van der Waals surface area (Å²) in [4.78, 5) is 0. The van der Waals surface area contributed by atoms with Gasteiger partial charge in [0.15, 0.2) is 5.79 Å². The van der Waals surface area contributed by atoms with E-state index in [0.717, 1.165) is 22.4 Å². The fourth-order valence-electron chi connectivity index (χ4n) is 4.10. The molecule has 2 aliphatic heterocycles. The molecule has 0 amide bonds. The smallest absolute Gasteiger partial charge is 0.198 e. The maximum absolute atomic E-state index is 14.7. The SMILES string of the molecule is CCOc1ccc(Cc2cc3c(cc2F)CO[C@@]32CC(O)CC(C)O2)cc1. The van der Waals surface area contributed by atoms with Gasteiger partial charge in [-0.1, -0.05) is 12.1 Å². The molecule has 1 saturated heterocycles. The first kappa shape index (κ1) is 18.4. The average molecular weight is 372 g/mol. The Bertz CT molecular complexity index is 808. The lowest BCUT2D eigenvalue weighted by Crippen LogP contribution is -2.43. The number of aliphatic hydroxyl groups excluding tert-OH is 1. The number of benzene rings is 2. The van der Waals surface area contributed by atoms with E-state index in [0.29, 0.717) is 38.0 Å². The van der Waals surface area contributed by atoms with Crippen molar-refractivity contribution in [2.24, 2.45) is 0 Å². The van der Waals surface area contributed by atoms with Gasteiger partial charge >= 0.3 is 0 Å². The monoisotopic (exact) mass is 372 g/mol. The van der Waals surface area contributed by atoms with Crippen molar-refractivity contribution >= 4 is 0 Å². The molecule has 1 spiro atoms.